The van der Waals surface area contributed by atoms with E-state index in [-0.39, 0.29) is 0 Å². The highest BCUT2D eigenvalue weighted by atomic mass is 15.2. The van der Waals surface area contributed by atoms with Crippen molar-refractivity contribution < 1.29 is 0 Å². The Balaban J connectivity index is 2.20. The summed E-state index contributed by atoms with van der Waals surface area (Å²) < 4.78 is 0. The highest BCUT2D eigenvalue weighted by Crippen LogP contribution is 2.25. The van der Waals surface area contributed by atoms with Crippen molar-refractivity contribution in [2.45, 2.75) is 26.3 Å². The lowest BCUT2D eigenvalue weighted by molar-refractivity contribution is 0.217. The molecule has 92 valence electrons. The van der Waals surface area contributed by atoms with E-state index in [9.17, 15) is 0 Å². The molecule has 0 bridgehead atoms. The van der Waals surface area contributed by atoms with Gasteiger partial charge in [0.25, 0.3) is 0 Å². The first-order chi connectivity index (χ1) is 8.22. The molecule has 0 fully saturated rings. The van der Waals surface area contributed by atoms with Crippen molar-refractivity contribution in [1.29, 1.82) is 0 Å². The third kappa shape index (κ3) is 2.76. The summed E-state index contributed by atoms with van der Waals surface area (Å²) in [4.78, 5) is 2.48. The molecule has 0 radical (unpaired) electrons. The Morgan fingerprint density at radius 2 is 2.06 bits per heavy atom. The fraction of sp³-hybridized carbons (Fsp3) is 0.467. The maximum Gasteiger partial charge on any atom is 0.0476 e. The van der Waals surface area contributed by atoms with E-state index < -0.39 is 0 Å². The fourth-order valence-electron chi connectivity index (χ4n) is 2.50. The summed E-state index contributed by atoms with van der Waals surface area (Å²) in [5, 5.41) is 0. The van der Waals surface area contributed by atoms with E-state index in [0.717, 1.165) is 13.1 Å². The van der Waals surface area contributed by atoms with Crippen LogP contribution in [0.2, 0.25) is 0 Å². The molecule has 1 heterocycles. The molecule has 0 aromatic heterocycles. The lowest BCUT2D eigenvalue weighted by Gasteiger charge is -2.33. The molecule has 2 N–H and O–H groups in total. The van der Waals surface area contributed by atoms with Gasteiger partial charge in [-0.1, -0.05) is 35.9 Å². The van der Waals surface area contributed by atoms with Crippen LogP contribution in [-0.2, 0) is 0 Å². The summed E-state index contributed by atoms with van der Waals surface area (Å²) in [6.07, 6.45) is 3.49. The maximum atomic E-state index is 5.98. The minimum absolute atomic E-state index is 0.362. The molecule has 0 spiro atoms. The topological polar surface area (TPSA) is 29.3 Å². The van der Waals surface area contributed by atoms with Gasteiger partial charge in [0.15, 0.2) is 0 Å². The third-order valence-electron chi connectivity index (χ3n) is 3.68. The van der Waals surface area contributed by atoms with Crippen molar-refractivity contribution in [3.8, 4) is 0 Å². The molecule has 1 aromatic rings. The van der Waals surface area contributed by atoms with Crippen molar-refractivity contribution in [2.24, 2.45) is 5.73 Å². The summed E-state index contributed by atoms with van der Waals surface area (Å²) in [6, 6.07) is 8.93. The first-order valence-electron chi connectivity index (χ1n) is 6.37. The van der Waals surface area contributed by atoms with Gasteiger partial charge in [0.05, 0.1) is 0 Å². The molecule has 0 saturated carbocycles. The zero-order valence-corrected chi connectivity index (χ0v) is 10.8. The Morgan fingerprint density at radius 3 is 2.65 bits per heavy atom. The SMILES string of the molecule is CC1=CCN(C(CN)c2ccccc2C)CC1. The summed E-state index contributed by atoms with van der Waals surface area (Å²) in [5.74, 6) is 0. The Kier molecular flexibility index (Phi) is 3.97. The first-order valence-corrected chi connectivity index (χ1v) is 6.37. The van der Waals surface area contributed by atoms with Crippen LogP contribution < -0.4 is 5.73 Å². The second-order valence-corrected chi connectivity index (χ2v) is 4.90. The zero-order valence-electron chi connectivity index (χ0n) is 10.8. The normalized spacial score (nSPS) is 18.9. The molecule has 0 aliphatic carbocycles. The Morgan fingerprint density at radius 1 is 1.29 bits per heavy atom. The Bertz CT molecular complexity index is 409. The molecule has 1 atom stereocenters. The van der Waals surface area contributed by atoms with Gasteiger partial charge in [-0.25, -0.2) is 0 Å². The van der Waals surface area contributed by atoms with Crippen LogP contribution in [0.25, 0.3) is 0 Å². The van der Waals surface area contributed by atoms with Crippen LogP contribution in [0.4, 0.5) is 0 Å². The van der Waals surface area contributed by atoms with Gasteiger partial charge in [-0.3, -0.25) is 4.90 Å². The lowest BCUT2D eigenvalue weighted by Crippen LogP contribution is -2.37. The quantitative estimate of drug-likeness (QED) is 0.809. The molecule has 2 nitrogen and oxygen atoms in total. The molecule has 0 saturated heterocycles. The molecule has 1 aliphatic heterocycles. The average molecular weight is 230 g/mol. The van der Waals surface area contributed by atoms with Crippen LogP contribution in [0.15, 0.2) is 35.9 Å². The lowest BCUT2D eigenvalue weighted by atomic mass is 9.98. The van der Waals surface area contributed by atoms with Crippen molar-refractivity contribution in [1.82, 2.24) is 4.90 Å². The number of nitrogens with zero attached hydrogens (tertiary/aromatic N) is 1. The minimum atomic E-state index is 0.362. The third-order valence-corrected chi connectivity index (χ3v) is 3.68. The largest absolute Gasteiger partial charge is 0.329 e. The predicted octanol–water partition coefficient (Wildman–Crippen LogP) is 2.65. The van der Waals surface area contributed by atoms with Crippen LogP contribution in [0.1, 0.15) is 30.5 Å². The van der Waals surface area contributed by atoms with Crippen LogP contribution in [0.5, 0.6) is 0 Å². The van der Waals surface area contributed by atoms with E-state index in [0.29, 0.717) is 12.6 Å². The monoisotopic (exact) mass is 230 g/mol. The summed E-state index contributed by atoms with van der Waals surface area (Å²) in [7, 11) is 0. The number of hydrogen-bond donors (Lipinski definition) is 1. The molecule has 2 rings (SSSR count). The first kappa shape index (κ1) is 12.3. The van der Waals surface area contributed by atoms with Gasteiger partial charge < -0.3 is 5.73 Å². The molecule has 1 unspecified atom stereocenters. The Labute approximate surface area is 104 Å². The summed E-state index contributed by atoms with van der Waals surface area (Å²) in [6.45, 7) is 7.23. The van der Waals surface area contributed by atoms with Gasteiger partial charge in [-0.05, 0) is 31.4 Å². The molecule has 17 heavy (non-hydrogen) atoms. The average Bonchev–Trinajstić information content (AvgIpc) is 2.35. The smallest absolute Gasteiger partial charge is 0.0476 e. The standard InChI is InChI=1S/C15H22N2/c1-12-7-9-17(10-8-12)15(11-16)14-6-4-3-5-13(14)2/h3-7,15H,8-11,16H2,1-2H3. The second-order valence-electron chi connectivity index (χ2n) is 4.90. The van der Waals surface area contributed by atoms with E-state index in [1.807, 2.05) is 0 Å². The molecular weight excluding hydrogens is 208 g/mol. The van der Waals surface area contributed by atoms with Crippen molar-refractivity contribution in [2.75, 3.05) is 19.6 Å². The predicted molar refractivity (Wildman–Crippen MR) is 72.9 cm³/mol. The van der Waals surface area contributed by atoms with Gasteiger partial charge in [-0.2, -0.15) is 0 Å². The molecular formula is C15H22N2. The summed E-state index contributed by atoms with van der Waals surface area (Å²) >= 11 is 0. The maximum absolute atomic E-state index is 5.98. The van der Waals surface area contributed by atoms with Gasteiger partial charge in [0, 0.05) is 25.7 Å². The van der Waals surface area contributed by atoms with Crippen LogP contribution >= 0.6 is 0 Å². The van der Waals surface area contributed by atoms with Crippen LogP contribution in [-0.4, -0.2) is 24.5 Å². The van der Waals surface area contributed by atoms with E-state index in [1.165, 1.54) is 23.1 Å². The van der Waals surface area contributed by atoms with Crippen molar-refractivity contribution in [3.05, 3.63) is 47.0 Å². The number of hydrogen-bond acceptors (Lipinski definition) is 2. The number of rotatable bonds is 3. The molecule has 2 heteroatoms. The van der Waals surface area contributed by atoms with Crippen LogP contribution in [0.3, 0.4) is 0 Å². The zero-order chi connectivity index (χ0) is 12.3. The Hall–Kier alpha value is -1.12. The highest BCUT2D eigenvalue weighted by molar-refractivity contribution is 5.29. The minimum Gasteiger partial charge on any atom is -0.329 e. The molecule has 0 amide bonds. The molecule has 1 aromatic carbocycles. The number of aryl methyl sites for hydroxylation is 1. The van der Waals surface area contributed by atoms with E-state index in [2.05, 4.69) is 49.1 Å². The van der Waals surface area contributed by atoms with E-state index in [4.69, 9.17) is 5.73 Å². The van der Waals surface area contributed by atoms with Crippen molar-refractivity contribution >= 4 is 0 Å². The van der Waals surface area contributed by atoms with Gasteiger partial charge >= 0.3 is 0 Å². The fourth-order valence-corrected chi connectivity index (χ4v) is 2.50. The van der Waals surface area contributed by atoms with Gasteiger partial charge in [-0.15, -0.1) is 0 Å². The van der Waals surface area contributed by atoms with E-state index >= 15 is 0 Å². The number of nitrogens with two attached hydrogens (primary N) is 1. The molecule has 1 aliphatic rings. The van der Waals surface area contributed by atoms with Gasteiger partial charge in [0.1, 0.15) is 0 Å². The number of benzene rings is 1. The van der Waals surface area contributed by atoms with Crippen LogP contribution in [0, 0.1) is 6.92 Å². The second kappa shape index (κ2) is 5.48. The summed E-state index contributed by atoms with van der Waals surface area (Å²) in [5.41, 5.74) is 10.2. The van der Waals surface area contributed by atoms with Gasteiger partial charge in [0.2, 0.25) is 0 Å². The van der Waals surface area contributed by atoms with Crippen molar-refractivity contribution in [3.63, 3.8) is 0 Å². The van der Waals surface area contributed by atoms with E-state index in [1.54, 1.807) is 0 Å². The highest BCUT2D eigenvalue weighted by Gasteiger charge is 2.21.